The van der Waals surface area contributed by atoms with Gasteiger partial charge < -0.3 is 9.94 Å². The van der Waals surface area contributed by atoms with Crippen molar-refractivity contribution in [3.8, 4) is 0 Å². The smallest absolute Gasteiger partial charge is 0.309 e. The Hall–Kier alpha value is -2.05. The summed E-state index contributed by atoms with van der Waals surface area (Å²) < 4.78 is 38.9. The Morgan fingerprint density at radius 3 is 2.44 bits per heavy atom. The molecule has 0 aliphatic carbocycles. The number of carboxylic acids is 1. The van der Waals surface area contributed by atoms with Crippen LogP contribution in [0.1, 0.15) is 12.0 Å². The Balaban J connectivity index is 2.97. The molecule has 1 aromatic carbocycles. The molecule has 0 aliphatic heterocycles. The Kier molecular flexibility index (Phi) is 4.70. The fraction of sp³-hybridized carbons (Fsp3) is 0.273. The van der Waals surface area contributed by atoms with Crippen molar-refractivity contribution in [3.63, 3.8) is 0 Å². The highest BCUT2D eigenvalue weighted by Crippen LogP contribution is 2.15. The topological polar surface area (TPSA) is 58.9 Å². The van der Waals surface area contributed by atoms with Gasteiger partial charge in [0.05, 0.1) is 12.1 Å². The van der Waals surface area contributed by atoms with Crippen LogP contribution in [-0.2, 0) is 16.1 Å². The molecule has 0 saturated heterocycles. The summed E-state index contributed by atoms with van der Waals surface area (Å²) in [5.74, 6) is -4.67. The molecule has 0 bridgehead atoms. The third-order valence-electron chi connectivity index (χ3n) is 2.06. The van der Waals surface area contributed by atoms with Gasteiger partial charge in [-0.25, -0.2) is 13.2 Å². The number of benzene rings is 1. The number of hydrogen-bond acceptors (Lipinski definition) is 3. The fourth-order valence-electron chi connectivity index (χ4n) is 1.35. The second kappa shape index (κ2) is 6.04. The summed E-state index contributed by atoms with van der Waals surface area (Å²) in [6.07, 6.45) is -0.755. The standard InChI is InChI=1S/C11H10F3NO3/c1-18-15-7(4-11(16)17)2-6-3-9(13)10(14)5-8(6)12/h3,5H,2,4H2,1H3,(H,16,17)/b15-7-. The molecule has 7 heteroatoms. The maximum Gasteiger partial charge on any atom is 0.309 e. The second-order valence-electron chi connectivity index (χ2n) is 3.45. The van der Waals surface area contributed by atoms with Crippen molar-refractivity contribution in [2.45, 2.75) is 12.8 Å². The van der Waals surface area contributed by atoms with Crippen LogP contribution in [0, 0.1) is 17.5 Å². The van der Waals surface area contributed by atoms with Crippen molar-refractivity contribution in [1.82, 2.24) is 0 Å². The van der Waals surface area contributed by atoms with Gasteiger partial charge in [0.15, 0.2) is 11.6 Å². The van der Waals surface area contributed by atoms with Crippen LogP contribution in [-0.4, -0.2) is 23.9 Å². The van der Waals surface area contributed by atoms with E-state index in [1.807, 2.05) is 0 Å². The Morgan fingerprint density at radius 1 is 1.28 bits per heavy atom. The molecule has 0 spiro atoms. The first-order valence-electron chi connectivity index (χ1n) is 4.88. The first kappa shape index (κ1) is 14.0. The molecule has 0 atom stereocenters. The molecule has 98 valence electrons. The third kappa shape index (κ3) is 3.76. The van der Waals surface area contributed by atoms with E-state index in [4.69, 9.17) is 5.11 Å². The number of aliphatic carboxylic acids is 1. The summed E-state index contributed by atoms with van der Waals surface area (Å²) >= 11 is 0. The molecule has 0 aliphatic rings. The lowest BCUT2D eigenvalue weighted by Crippen LogP contribution is -2.12. The normalized spacial score (nSPS) is 11.4. The van der Waals surface area contributed by atoms with Crippen LogP contribution in [0.5, 0.6) is 0 Å². The molecular weight excluding hydrogens is 251 g/mol. The van der Waals surface area contributed by atoms with Crippen molar-refractivity contribution in [2.75, 3.05) is 7.11 Å². The van der Waals surface area contributed by atoms with Gasteiger partial charge in [0, 0.05) is 12.5 Å². The molecule has 1 rings (SSSR count). The van der Waals surface area contributed by atoms with Crippen LogP contribution in [0.15, 0.2) is 17.3 Å². The average Bonchev–Trinajstić information content (AvgIpc) is 2.25. The molecule has 18 heavy (non-hydrogen) atoms. The van der Waals surface area contributed by atoms with Crippen LogP contribution in [0.2, 0.25) is 0 Å². The maximum atomic E-state index is 13.3. The highest BCUT2D eigenvalue weighted by Gasteiger charge is 2.14. The van der Waals surface area contributed by atoms with E-state index in [1.165, 1.54) is 7.11 Å². The molecule has 0 unspecified atom stereocenters. The number of carbonyl (C=O) groups is 1. The molecule has 0 fully saturated rings. The Morgan fingerprint density at radius 2 is 1.89 bits per heavy atom. The van der Waals surface area contributed by atoms with Gasteiger partial charge >= 0.3 is 5.97 Å². The van der Waals surface area contributed by atoms with Crippen molar-refractivity contribution in [3.05, 3.63) is 35.1 Å². The number of oxime groups is 1. The van der Waals surface area contributed by atoms with E-state index < -0.39 is 29.8 Å². The van der Waals surface area contributed by atoms with E-state index >= 15 is 0 Å². The Labute approximate surface area is 101 Å². The monoisotopic (exact) mass is 261 g/mol. The molecule has 0 heterocycles. The molecule has 0 saturated carbocycles. The predicted molar refractivity (Wildman–Crippen MR) is 56.7 cm³/mol. The van der Waals surface area contributed by atoms with Gasteiger partial charge in [-0.05, 0) is 11.6 Å². The zero-order valence-corrected chi connectivity index (χ0v) is 9.41. The Bertz CT molecular complexity index is 489. The van der Waals surface area contributed by atoms with Gasteiger partial charge in [0.1, 0.15) is 12.9 Å². The molecular formula is C11H10F3NO3. The van der Waals surface area contributed by atoms with E-state index in [0.29, 0.717) is 12.1 Å². The van der Waals surface area contributed by atoms with Gasteiger partial charge in [-0.1, -0.05) is 5.16 Å². The minimum absolute atomic E-state index is 0.00471. The molecule has 0 radical (unpaired) electrons. The summed E-state index contributed by atoms with van der Waals surface area (Å²) in [7, 11) is 1.20. The minimum atomic E-state index is -1.31. The van der Waals surface area contributed by atoms with E-state index in [9.17, 15) is 18.0 Å². The first-order chi connectivity index (χ1) is 8.43. The molecule has 4 nitrogen and oxygen atoms in total. The third-order valence-corrected chi connectivity index (χ3v) is 2.06. The van der Waals surface area contributed by atoms with Gasteiger partial charge in [-0.3, -0.25) is 4.79 Å². The van der Waals surface area contributed by atoms with Crippen molar-refractivity contribution < 1.29 is 27.9 Å². The minimum Gasteiger partial charge on any atom is -0.481 e. The first-order valence-corrected chi connectivity index (χ1v) is 4.88. The van der Waals surface area contributed by atoms with E-state index in [0.717, 1.165) is 0 Å². The lowest BCUT2D eigenvalue weighted by molar-refractivity contribution is -0.135. The van der Waals surface area contributed by atoms with Crippen LogP contribution < -0.4 is 0 Å². The number of nitrogens with zero attached hydrogens (tertiary/aromatic N) is 1. The van der Waals surface area contributed by atoms with Gasteiger partial charge in [-0.2, -0.15) is 0 Å². The molecule has 1 aromatic rings. The number of halogens is 3. The predicted octanol–water partition coefficient (Wildman–Crippen LogP) is 2.12. The van der Waals surface area contributed by atoms with Crippen molar-refractivity contribution in [1.29, 1.82) is 0 Å². The number of hydrogen-bond donors (Lipinski definition) is 1. The fourth-order valence-corrected chi connectivity index (χ4v) is 1.35. The zero-order chi connectivity index (χ0) is 13.7. The SMILES string of the molecule is CO/N=C(\CC(=O)O)Cc1cc(F)c(F)cc1F. The quantitative estimate of drug-likeness (QED) is 0.501. The summed E-state index contributed by atoms with van der Waals surface area (Å²) in [4.78, 5) is 14.9. The highest BCUT2D eigenvalue weighted by molar-refractivity contribution is 5.99. The van der Waals surface area contributed by atoms with Crippen LogP contribution in [0.4, 0.5) is 13.2 Å². The second-order valence-corrected chi connectivity index (χ2v) is 3.45. The van der Waals surface area contributed by atoms with Gasteiger partial charge in [0.2, 0.25) is 0 Å². The summed E-state index contributed by atoms with van der Waals surface area (Å²) in [5, 5.41) is 12.0. The average molecular weight is 261 g/mol. The lowest BCUT2D eigenvalue weighted by atomic mass is 10.1. The van der Waals surface area contributed by atoms with Crippen LogP contribution in [0.25, 0.3) is 0 Å². The van der Waals surface area contributed by atoms with E-state index in [-0.39, 0.29) is 17.7 Å². The maximum absolute atomic E-state index is 13.3. The summed E-state index contributed by atoms with van der Waals surface area (Å²) in [6.45, 7) is 0. The number of carboxylic acid groups (broad SMARTS) is 1. The van der Waals surface area contributed by atoms with Crippen molar-refractivity contribution in [2.24, 2.45) is 5.16 Å². The van der Waals surface area contributed by atoms with Crippen LogP contribution >= 0.6 is 0 Å². The highest BCUT2D eigenvalue weighted by atomic mass is 19.2. The molecule has 0 amide bonds. The summed E-state index contributed by atoms with van der Waals surface area (Å²) in [6, 6.07) is 1.06. The molecule has 0 aromatic heterocycles. The zero-order valence-electron chi connectivity index (χ0n) is 9.41. The van der Waals surface area contributed by atoms with E-state index in [1.54, 1.807) is 0 Å². The van der Waals surface area contributed by atoms with E-state index in [2.05, 4.69) is 9.99 Å². The van der Waals surface area contributed by atoms with Crippen molar-refractivity contribution >= 4 is 11.7 Å². The molecule has 1 N–H and O–H groups in total. The lowest BCUT2D eigenvalue weighted by Gasteiger charge is -2.05. The van der Waals surface area contributed by atoms with Crippen LogP contribution in [0.3, 0.4) is 0 Å². The van der Waals surface area contributed by atoms with Gasteiger partial charge in [-0.15, -0.1) is 0 Å². The van der Waals surface area contributed by atoms with Gasteiger partial charge in [0.25, 0.3) is 0 Å². The number of rotatable bonds is 5. The summed E-state index contributed by atoms with van der Waals surface area (Å²) in [5.41, 5.74) is -0.194. The largest absolute Gasteiger partial charge is 0.481 e.